The standard InChI is InChI=1S/C22H27FN2O/c1-26-21-6-7-22-18(16-21)9-15-25(22)20-10-13-24(14-11-20)12-8-17-2-4-19(23)5-3-17/h2-7,16,20H,8-15H2,1H3. The number of methoxy groups -OCH3 is 1. The van der Waals surface area contributed by atoms with Gasteiger partial charge in [-0.15, -0.1) is 0 Å². The van der Waals surface area contributed by atoms with Crippen molar-refractivity contribution in [1.29, 1.82) is 0 Å². The van der Waals surface area contributed by atoms with Crippen molar-refractivity contribution in [2.75, 3.05) is 38.2 Å². The highest BCUT2D eigenvalue weighted by atomic mass is 19.1. The molecule has 0 N–H and O–H groups in total. The Bertz CT molecular complexity index is 738. The third-order valence-electron chi connectivity index (χ3n) is 5.85. The Morgan fingerprint density at radius 3 is 2.54 bits per heavy atom. The van der Waals surface area contributed by atoms with Gasteiger partial charge in [-0.2, -0.15) is 0 Å². The van der Waals surface area contributed by atoms with Crippen LogP contribution in [0.3, 0.4) is 0 Å². The molecule has 0 spiro atoms. The SMILES string of the molecule is COc1ccc2c(c1)CCN2C1CCN(CCc2ccc(F)cc2)CC1. The molecule has 2 aliphatic rings. The van der Waals surface area contributed by atoms with Gasteiger partial charge in [0.15, 0.2) is 0 Å². The molecule has 0 radical (unpaired) electrons. The van der Waals surface area contributed by atoms with Crippen LogP contribution in [0.15, 0.2) is 42.5 Å². The Morgan fingerprint density at radius 2 is 1.81 bits per heavy atom. The zero-order chi connectivity index (χ0) is 17.9. The van der Waals surface area contributed by atoms with Crippen molar-refractivity contribution in [3.63, 3.8) is 0 Å². The Labute approximate surface area is 155 Å². The van der Waals surface area contributed by atoms with E-state index in [1.807, 2.05) is 12.1 Å². The number of halogens is 1. The van der Waals surface area contributed by atoms with Crippen molar-refractivity contribution in [3.8, 4) is 5.75 Å². The second kappa shape index (κ2) is 7.67. The molecule has 26 heavy (non-hydrogen) atoms. The van der Waals surface area contributed by atoms with Crippen molar-refractivity contribution in [2.45, 2.75) is 31.7 Å². The van der Waals surface area contributed by atoms with Gasteiger partial charge < -0.3 is 14.5 Å². The van der Waals surface area contributed by atoms with Gasteiger partial charge in [-0.1, -0.05) is 12.1 Å². The minimum atomic E-state index is -0.155. The van der Waals surface area contributed by atoms with Crippen LogP contribution in [0.5, 0.6) is 5.75 Å². The van der Waals surface area contributed by atoms with Gasteiger partial charge in [0.05, 0.1) is 7.11 Å². The number of nitrogens with zero attached hydrogens (tertiary/aromatic N) is 2. The van der Waals surface area contributed by atoms with Gasteiger partial charge in [0.25, 0.3) is 0 Å². The van der Waals surface area contributed by atoms with E-state index in [1.54, 1.807) is 19.2 Å². The molecule has 2 aromatic carbocycles. The monoisotopic (exact) mass is 354 g/mol. The van der Waals surface area contributed by atoms with E-state index in [9.17, 15) is 4.39 Å². The van der Waals surface area contributed by atoms with Crippen molar-refractivity contribution < 1.29 is 9.13 Å². The van der Waals surface area contributed by atoms with Crippen molar-refractivity contribution >= 4 is 5.69 Å². The zero-order valence-electron chi connectivity index (χ0n) is 15.5. The predicted octanol–water partition coefficient (Wildman–Crippen LogP) is 3.90. The molecule has 0 aromatic heterocycles. The zero-order valence-corrected chi connectivity index (χ0v) is 15.5. The van der Waals surface area contributed by atoms with Crippen molar-refractivity contribution in [1.82, 2.24) is 4.90 Å². The Hall–Kier alpha value is -2.07. The van der Waals surface area contributed by atoms with Crippen LogP contribution in [-0.2, 0) is 12.8 Å². The molecule has 3 nitrogen and oxygen atoms in total. The van der Waals surface area contributed by atoms with Crippen LogP contribution in [0, 0.1) is 5.82 Å². The maximum absolute atomic E-state index is 13.0. The van der Waals surface area contributed by atoms with Gasteiger partial charge in [0.2, 0.25) is 0 Å². The van der Waals surface area contributed by atoms with Gasteiger partial charge in [-0.25, -0.2) is 4.39 Å². The number of likely N-dealkylation sites (tertiary alicyclic amines) is 1. The molecule has 0 aliphatic carbocycles. The van der Waals surface area contributed by atoms with Crippen LogP contribution in [0.25, 0.3) is 0 Å². The third kappa shape index (κ3) is 3.70. The fourth-order valence-electron chi connectivity index (χ4n) is 4.30. The molecule has 2 aromatic rings. The first-order chi connectivity index (χ1) is 12.7. The Balaban J connectivity index is 1.30. The van der Waals surface area contributed by atoms with Gasteiger partial charge in [-0.05, 0) is 67.1 Å². The predicted molar refractivity (Wildman–Crippen MR) is 104 cm³/mol. The van der Waals surface area contributed by atoms with Crippen LogP contribution in [0.1, 0.15) is 24.0 Å². The highest BCUT2D eigenvalue weighted by Crippen LogP contribution is 2.34. The second-order valence-electron chi connectivity index (χ2n) is 7.39. The van der Waals surface area contributed by atoms with E-state index in [0.29, 0.717) is 6.04 Å². The van der Waals surface area contributed by atoms with Gasteiger partial charge in [0, 0.05) is 37.9 Å². The first-order valence-electron chi connectivity index (χ1n) is 9.63. The molecule has 0 amide bonds. The number of fused-ring (bicyclic) bond motifs is 1. The molecule has 138 valence electrons. The van der Waals surface area contributed by atoms with E-state index >= 15 is 0 Å². The van der Waals surface area contributed by atoms with Crippen LogP contribution in [0.2, 0.25) is 0 Å². The average Bonchev–Trinajstić information content (AvgIpc) is 3.11. The fourth-order valence-corrected chi connectivity index (χ4v) is 4.30. The Morgan fingerprint density at radius 1 is 1.04 bits per heavy atom. The Kier molecular flexibility index (Phi) is 5.11. The van der Waals surface area contributed by atoms with Crippen LogP contribution >= 0.6 is 0 Å². The minimum absolute atomic E-state index is 0.155. The summed E-state index contributed by atoms with van der Waals surface area (Å²) in [5.41, 5.74) is 4.04. The molecule has 4 heteroatoms. The summed E-state index contributed by atoms with van der Waals surface area (Å²) in [6, 6.07) is 14.0. The average molecular weight is 354 g/mol. The number of rotatable bonds is 5. The molecule has 0 bridgehead atoms. The molecule has 2 heterocycles. The summed E-state index contributed by atoms with van der Waals surface area (Å²) in [5.74, 6) is 0.805. The first-order valence-corrected chi connectivity index (χ1v) is 9.63. The van der Waals surface area contributed by atoms with E-state index in [0.717, 1.165) is 44.8 Å². The molecule has 0 saturated carbocycles. The lowest BCUT2D eigenvalue weighted by Crippen LogP contribution is -2.44. The summed E-state index contributed by atoms with van der Waals surface area (Å²) in [7, 11) is 1.73. The second-order valence-corrected chi connectivity index (χ2v) is 7.39. The third-order valence-corrected chi connectivity index (χ3v) is 5.85. The molecule has 1 fully saturated rings. The van der Waals surface area contributed by atoms with E-state index < -0.39 is 0 Å². The fraction of sp³-hybridized carbons (Fsp3) is 0.455. The van der Waals surface area contributed by atoms with E-state index in [-0.39, 0.29) is 5.82 Å². The van der Waals surface area contributed by atoms with Gasteiger partial charge >= 0.3 is 0 Å². The number of piperidine rings is 1. The lowest BCUT2D eigenvalue weighted by Gasteiger charge is -2.38. The number of hydrogen-bond donors (Lipinski definition) is 0. The molecule has 0 unspecified atom stereocenters. The lowest BCUT2D eigenvalue weighted by atomic mass is 10.0. The first kappa shape index (κ1) is 17.3. The normalized spacial score (nSPS) is 18.2. The summed E-state index contributed by atoms with van der Waals surface area (Å²) in [6.07, 6.45) is 4.55. The summed E-state index contributed by atoms with van der Waals surface area (Å²) in [4.78, 5) is 5.15. The molecule has 4 rings (SSSR count). The quantitative estimate of drug-likeness (QED) is 0.810. The number of hydrogen-bond acceptors (Lipinski definition) is 3. The van der Waals surface area contributed by atoms with E-state index in [4.69, 9.17) is 4.74 Å². The maximum atomic E-state index is 13.0. The van der Waals surface area contributed by atoms with Crippen LogP contribution < -0.4 is 9.64 Å². The number of benzene rings is 2. The summed E-state index contributed by atoms with van der Waals surface area (Å²) < 4.78 is 18.4. The molecule has 0 atom stereocenters. The highest BCUT2D eigenvalue weighted by Gasteiger charge is 2.29. The topological polar surface area (TPSA) is 15.7 Å². The summed E-state index contributed by atoms with van der Waals surface area (Å²) in [5, 5.41) is 0. The van der Waals surface area contributed by atoms with E-state index in [1.165, 1.54) is 29.7 Å². The number of anilines is 1. The highest BCUT2D eigenvalue weighted by molar-refractivity contribution is 5.61. The van der Waals surface area contributed by atoms with Crippen molar-refractivity contribution in [3.05, 3.63) is 59.4 Å². The molecular formula is C22H27FN2O. The van der Waals surface area contributed by atoms with Crippen LogP contribution in [-0.4, -0.2) is 44.2 Å². The summed E-state index contributed by atoms with van der Waals surface area (Å²) >= 11 is 0. The molecule has 2 aliphatic heterocycles. The van der Waals surface area contributed by atoms with Crippen molar-refractivity contribution in [2.24, 2.45) is 0 Å². The summed E-state index contributed by atoms with van der Waals surface area (Å²) in [6.45, 7) is 4.48. The maximum Gasteiger partial charge on any atom is 0.123 e. The van der Waals surface area contributed by atoms with Crippen LogP contribution in [0.4, 0.5) is 10.1 Å². The molecule has 1 saturated heterocycles. The minimum Gasteiger partial charge on any atom is -0.497 e. The van der Waals surface area contributed by atoms with E-state index in [2.05, 4.69) is 28.0 Å². The smallest absolute Gasteiger partial charge is 0.123 e. The molecular weight excluding hydrogens is 327 g/mol. The number of ether oxygens (including phenoxy) is 1. The largest absolute Gasteiger partial charge is 0.497 e. The van der Waals surface area contributed by atoms with Gasteiger partial charge in [-0.3, -0.25) is 0 Å². The van der Waals surface area contributed by atoms with Gasteiger partial charge in [0.1, 0.15) is 11.6 Å². The lowest BCUT2D eigenvalue weighted by molar-refractivity contribution is 0.212.